The molecule has 3 amide bonds. The Morgan fingerprint density at radius 3 is 2.55 bits per heavy atom. The van der Waals surface area contributed by atoms with Gasteiger partial charge in [0, 0.05) is 42.6 Å². The Hall–Kier alpha value is -2.87. The maximum atomic E-state index is 12.4. The predicted octanol–water partition coefficient (Wildman–Crippen LogP) is 2.99. The zero-order valence-electron chi connectivity index (χ0n) is 16.3. The van der Waals surface area contributed by atoms with E-state index in [1.54, 1.807) is 23.6 Å². The predicted molar refractivity (Wildman–Crippen MR) is 116 cm³/mol. The third-order valence-corrected chi connectivity index (χ3v) is 5.58. The van der Waals surface area contributed by atoms with E-state index in [1.807, 2.05) is 11.4 Å². The van der Waals surface area contributed by atoms with Crippen LogP contribution in [0.2, 0.25) is 0 Å². The number of carbonyl (C=O) groups is 3. The summed E-state index contributed by atoms with van der Waals surface area (Å²) in [4.78, 5) is 38.1. The van der Waals surface area contributed by atoms with Gasteiger partial charge in [0.2, 0.25) is 11.8 Å². The van der Waals surface area contributed by atoms with E-state index in [1.165, 1.54) is 17.8 Å². The van der Waals surface area contributed by atoms with Crippen molar-refractivity contribution in [1.82, 2.24) is 5.32 Å². The topological polar surface area (TPSA) is 105 Å². The lowest BCUT2D eigenvalue weighted by atomic mass is 10.1. The summed E-state index contributed by atoms with van der Waals surface area (Å²) in [5.41, 5.74) is 7.92. The molecule has 0 aliphatic carbocycles. The van der Waals surface area contributed by atoms with Crippen molar-refractivity contribution in [2.45, 2.75) is 32.1 Å². The number of hydrogen-bond donors (Lipinski definition) is 3. The van der Waals surface area contributed by atoms with Gasteiger partial charge in [-0.05, 0) is 55.3 Å². The lowest BCUT2D eigenvalue weighted by molar-refractivity contribution is -0.116. The van der Waals surface area contributed by atoms with Gasteiger partial charge in [0.05, 0.1) is 11.4 Å². The van der Waals surface area contributed by atoms with Gasteiger partial charge in [-0.2, -0.15) is 11.3 Å². The molecular weight excluding hydrogens is 388 g/mol. The van der Waals surface area contributed by atoms with Crippen LogP contribution in [0.4, 0.5) is 11.4 Å². The largest absolute Gasteiger partial charge is 0.370 e. The van der Waals surface area contributed by atoms with Crippen LogP contribution in [0, 0.1) is 0 Å². The molecule has 8 heteroatoms. The van der Waals surface area contributed by atoms with Crippen LogP contribution in [-0.2, 0) is 4.79 Å². The first kappa shape index (κ1) is 20.9. The third kappa shape index (κ3) is 5.80. The SMILES string of the molecule is NC(=O)c1ccc(N2CCCCC2)c(NC(=O)CCCNC(=O)c2ccsc2)c1. The number of primary amides is 1. The Kier molecular flexibility index (Phi) is 7.24. The van der Waals surface area contributed by atoms with Crippen molar-refractivity contribution in [1.29, 1.82) is 0 Å². The maximum absolute atomic E-state index is 12.4. The summed E-state index contributed by atoms with van der Waals surface area (Å²) >= 11 is 1.47. The van der Waals surface area contributed by atoms with Crippen LogP contribution in [0.5, 0.6) is 0 Å². The van der Waals surface area contributed by atoms with Gasteiger partial charge in [-0.25, -0.2) is 0 Å². The molecule has 0 saturated carbocycles. The fourth-order valence-electron chi connectivity index (χ4n) is 3.36. The molecule has 1 aromatic carbocycles. The fraction of sp³-hybridized carbons (Fsp3) is 0.381. The normalized spacial score (nSPS) is 13.7. The summed E-state index contributed by atoms with van der Waals surface area (Å²) in [6.45, 7) is 2.27. The molecule has 1 aliphatic heterocycles. The number of thiophene rings is 1. The Morgan fingerprint density at radius 1 is 1.07 bits per heavy atom. The first-order chi connectivity index (χ1) is 14.0. The van der Waals surface area contributed by atoms with Gasteiger partial charge in [0.1, 0.15) is 0 Å². The van der Waals surface area contributed by atoms with E-state index >= 15 is 0 Å². The van der Waals surface area contributed by atoms with Crippen LogP contribution in [0.3, 0.4) is 0 Å². The second kappa shape index (κ2) is 10.1. The van der Waals surface area contributed by atoms with Crippen LogP contribution in [0.15, 0.2) is 35.0 Å². The van der Waals surface area contributed by atoms with Crippen LogP contribution in [-0.4, -0.2) is 37.4 Å². The summed E-state index contributed by atoms with van der Waals surface area (Å²) in [5.74, 6) is -0.815. The molecule has 0 spiro atoms. The number of nitrogens with one attached hydrogen (secondary N) is 2. The number of piperidine rings is 1. The van der Waals surface area contributed by atoms with Crippen molar-refractivity contribution in [2.75, 3.05) is 29.9 Å². The van der Waals surface area contributed by atoms with Gasteiger partial charge in [0.15, 0.2) is 0 Å². The highest BCUT2D eigenvalue weighted by atomic mass is 32.1. The summed E-state index contributed by atoms with van der Waals surface area (Å²) in [6, 6.07) is 6.95. The molecule has 2 heterocycles. The number of hydrogen-bond acceptors (Lipinski definition) is 5. The molecule has 0 bridgehead atoms. The van der Waals surface area contributed by atoms with E-state index in [2.05, 4.69) is 15.5 Å². The number of rotatable bonds is 8. The smallest absolute Gasteiger partial charge is 0.252 e. The lowest BCUT2D eigenvalue weighted by Crippen LogP contribution is -2.30. The molecule has 0 atom stereocenters. The summed E-state index contributed by atoms with van der Waals surface area (Å²) in [5, 5.41) is 9.37. The zero-order chi connectivity index (χ0) is 20.6. The number of benzene rings is 1. The van der Waals surface area contributed by atoms with Gasteiger partial charge in [-0.1, -0.05) is 0 Å². The van der Waals surface area contributed by atoms with E-state index in [-0.39, 0.29) is 18.2 Å². The molecule has 3 rings (SSSR count). The van der Waals surface area contributed by atoms with Crippen molar-refractivity contribution >= 4 is 40.4 Å². The highest BCUT2D eigenvalue weighted by Gasteiger charge is 2.17. The fourth-order valence-corrected chi connectivity index (χ4v) is 4.00. The highest BCUT2D eigenvalue weighted by Crippen LogP contribution is 2.30. The molecule has 0 unspecified atom stereocenters. The average Bonchev–Trinajstić information content (AvgIpc) is 3.26. The molecule has 154 valence electrons. The van der Waals surface area contributed by atoms with Gasteiger partial charge in [0.25, 0.3) is 5.91 Å². The first-order valence-corrected chi connectivity index (χ1v) is 10.8. The van der Waals surface area contributed by atoms with Crippen molar-refractivity contribution in [3.05, 3.63) is 46.2 Å². The van der Waals surface area contributed by atoms with E-state index in [0.717, 1.165) is 31.6 Å². The molecule has 0 radical (unpaired) electrons. The monoisotopic (exact) mass is 414 g/mol. The second-order valence-corrected chi connectivity index (χ2v) is 7.84. The number of nitrogens with zero attached hydrogens (tertiary/aromatic N) is 1. The Balaban J connectivity index is 1.57. The summed E-state index contributed by atoms with van der Waals surface area (Å²) in [6.07, 6.45) is 4.21. The van der Waals surface area contributed by atoms with Crippen molar-refractivity contribution in [2.24, 2.45) is 5.73 Å². The minimum Gasteiger partial charge on any atom is -0.370 e. The van der Waals surface area contributed by atoms with Gasteiger partial charge < -0.3 is 21.3 Å². The maximum Gasteiger partial charge on any atom is 0.252 e. The summed E-state index contributed by atoms with van der Waals surface area (Å²) < 4.78 is 0. The minimum absolute atomic E-state index is 0.131. The molecule has 29 heavy (non-hydrogen) atoms. The van der Waals surface area contributed by atoms with Crippen molar-refractivity contribution in [3.63, 3.8) is 0 Å². The molecule has 1 saturated heterocycles. The van der Waals surface area contributed by atoms with E-state index in [0.29, 0.717) is 29.8 Å². The zero-order valence-corrected chi connectivity index (χ0v) is 17.1. The van der Waals surface area contributed by atoms with E-state index in [4.69, 9.17) is 5.73 Å². The van der Waals surface area contributed by atoms with Gasteiger partial charge in [-0.15, -0.1) is 0 Å². The van der Waals surface area contributed by atoms with Crippen LogP contribution in [0.1, 0.15) is 52.8 Å². The molecule has 1 fully saturated rings. The molecular formula is C21H26N4O3S. The second-order valence-electron chi connectivity index (χ2n) is 7.06. The quantitative estimate of drug-likeness (QED) is 0.578. The molecule has 7 nitrogen and oxygen atoms in total. The first-order valence-electron chi connectivity index (χ1n) is 9.83. The van der Waals surface area contributed by atoms with Gasteiger partial charge >= 0.3 is 0 Å². The Bertz CT molecular complexity index is 861. The highest BCUT2D eigenvalue weighted by molar-refractivity contribution is 7.08. The van der Waals surface area contributed by atoms with Gasteiger partial charge in [-0.3, -0.25) is 14.4 Å². The summed E-state index contributed by atoms with van der Waals surface area (Å²) in [7, 11) is 0. The van der Waals surface area contributed by atoms with Crippen molar-refractivity contribution in [3.8, 4) is 0 Å². The molecule has 4 N–H and O–H groups in total. The third-order valence-electron chi connectivity index (χ3n) is 4.90. The number of carbonyl (C=O) groups excluding carboxylic acids is 3. The molecule has 1 aliphatic rings. The Labute approximate surface area is 174 Å². The average molecular weight is 415 g/mol. The molecule has 2 aromatic rings. The minimum atomic E-state index is -0.526. The standard InChI is InChI=1S/C21H26N4O3S/c22-20(27)15-6-7-18(25-10-2-1-3-11-25)17(13-15)24-19(26)5-4-9-23-21(28)16-8-12-29-14-16/h6-8,12-14H,1-5,9-11H2,(H2,22,27)(H,23,28)(H,24,26). The number of anilines is 2. The van der Waals surface area contributed by atoms with Crippen LogP contribution in [0.25, 0.3) is 0 Å². The van der Waals surface area contributed by atoms with Crippen molar-refractivity contribution < 1.29 is 14.4 Å². The lowest BCUT2D eigenvalue weighted by Gasteiger charge is -2.30. The van der Waals surface area contributed by atoms with Crippen LogP contribution >= 0.6 is 11.3 Å². The molecule has 1 aromatic heterocycles. The number of nitrogens with two attached hydrogens (primary N) is 1. The van der Waals surface area contributed by atoms with E-state index in [9.17, 15) is 14.4 Å². The van der Waals surface area contributed by atoms with Crippen LogP contribution < -0.4 is 21.3 Å². The van der Waals surface area contributed by atoms with E-state index < -0.39 is 5.91 Å². The Morgan fingerprint density at radius 2 is 1.86 bits per heavy atom. The number of amides is 3.